The fourth-order valence-electron chi connectivity index (χ4n) is 0.412. The van der Waals surface area contributed by atoms with Crippen molar-refractivity contribution in [2.75, 3.05) is 0 Å². The predicted octanol–water partition coefficient (Wildman–Crippen LogP) is 2.42. The summed E-state index contributed by atoms with van der Waals surface area (Å²) in [7, 11) is 0. The highest BCUT2D eigenvalue weighted by molar-refractivity contribution is 5.83. The molecular formula is C10H13N. The van der Waals surface area contributed by atoms with Gasteiger partial charge in [0, 0.05) is 23.9 Å². The Kier molecular flexibility index (Phi) is 4.85. The van der Waals surface area contributed by atoms with Crippen molar-refractivity contribution in [3.63, 3.8) is 0 Å². The molecule has 0 saturated heterocycles. The van der Waals surface area contributed by atoms with Gasteiger partial charge in [-0.15, -0.1) is 0 Å². The summed E-state index contributed by atoms with van der Waals surface area (Å²) in [6.07, 6.45) is 3.06. The Labute approximate surface area is 68.5 Å². The standard InChI is InChI=1S/C10H13N/c1-5-11-8-10(4)7-6-9(2)3/h5,8-9H,1,4H2,2-3H3. The third-order valence-corrected chi connectivity index (χ3v) is 0.857. The molecule has 0 rings (SSSR count). The molecule has 1 nitrogen and oxygen atoms in total. The molecule has 0 spiro atoms. The fourth-order valence-corrected chi connectivity index (χ4v) is 0.412. The molecule has 0 aromatic rings. The van der Waals surface area contributed by atoms with E-state index in [-0.39, 0.29) is 0 Å². The number of hydrogen-bond donors (Lipinski definition) is 0. The lowest BCUT2D eigenvalue weighted by atomic mass is 10.2. The van der Waals surface area contributed by atoms with Gasteiger partial charge in [-0.25, -0.2) is 0 Å². The Hall–Kier alpha value is -1.29. The summed E-state index contributed by atoms with van der Waals surface area (Å²) in [5.41, 5.74) is 0.721. The number of nitrogens with zero attached hydrogens (tertiary/aromatic N) is 1. The van der Waals surface area contributed by atoms with Crippen molar-refractivity contribution in [2.24, 2.45) is 10.9 Å². The molecule has 0 saturated carbocycles. The van der Waals surface area contributed by atoms with Crippen LogP contribution in [0.1, 0.15) is 13.8 Å². The van der Waals surface area contributed by atoms with Gasteiger partial charge in [-0.2, -0.15) is 0 Å². The van der Waals surface area contributed by atoms with Gasteiger partial charge in [0.25, 0.3) is 0 Å². The Bertz CT molecular complexity index is 223. The summed E-state index contributed by atoms with van der Waals surface area (Å²) in [6, 6.07) is 0. The van der Waals surface area contributed by atoms with Crippen LogP contribution in [0.2, 0.25) is 0 Å². The second kappa shape index (κ2) is 5.49. The summed E-state index contributed by atoms with van der Waals surface area (Å²) in [4.78, 5) is 3.79. The van der Waals surface area contributed by atoms with Gasteiger partial charge in [0.15, 0.2) is 0 Å². The molecule has 0 aliphatic rings. The summed E-state index contributed by atoms with van der Waals surface area (Å²) >= 11 is 0. The molecule has 0 radical (unpaired) electrons. The molecule has 0 heterocycles. The maximum absolute atomic E-state index is 3.79. The van der Waals surface area contributed by atoms with Gasteiger partial charge < -0.3 is 0 Å². The molecule has 0 bridgehead atoms. The molecule has 0 amide bonds. The van der Waals surface area contributed by atoms with Crippen LogP contribution >= 0.6 is 0 Å². The molecule has 0 fully saturated rings. The van der Waals surface area contributed by atoms with Crippen LogP contribution < -0.4 is 0 Å². The number of rotatable bonds is 2. The molecule has 1 heteroatoms. The number of aliphatic imine (C=N–C) groups is 1. The molecule has 0 aliphatic carbocycles. The zero-order chi connectivity index (χ0) is 8.69. The highest BCUT2D eigenvalue weighted by Gasteiger charge is 1.82. The lowest BCUT2D eigenvalue weighted by Gasteiger charge is -1.86. The quantitative estimate of drug-likeness (QED) is 0.420. The predicted molar refractivity (Wildman–Crippen MR) is 50.4 cm³/mol. The highest BCUT2D eigenvalue weighted by atomic mass is 14.6. The molecule has 11 heavy (non-hydrogen) atoms. The van der Waals surface area contributed by atoms with E-state index in [9.17, 15) is 0 Å². The molecule has 58 valence electrons. The van der Waals surface area contributed by atoms with Crippen molar-refractivity contribution in [1.82, 2.24) is 0 Å². The van der Waals surface area contributed by atoms with E-state index < -0.39 is 0 Å². The Morgan fingerprint density at radius 2 is 2.18 bits per heavy atom. The lowest BCUT2D eigenvalue weighted by molar-refractivity contribution is 0.867. The van der Waals surface area contributed by atoms with Crippen LogP contribution in [0.15, 0.2) is 29.9 Å². The summed E-state index contributed by atoms with van der Waals surface area (Å²) in [6.45, 7) is 11.2. The zero-order valence-electron chi connectivity index (χ0n) is 7.09. The van der Waals surface area contributed by atoms with Crippen LogP contribution in [0.3, 0.4) is 0 Å². The average Bonchev–Trinajstić information content (AvgIpc) is 1.97. The first-order valence-electron chi connectivity index (χ1n) is 3.51. The van der Waals surface area contributed by atoms with E-state index >= 15 is 0 Å². The van der Waals surface area contributed by atoms with E-state index in [1.54, 1.807) is 6.21 Å². The molecular weight excluding hydrogens is 134 g/mol. The van der Waals surface area contributed by atoms with E-state index in [0.29, 0.717) is 5.92 Å². The minimum Gasteiger partial charge on any atom is -0.264 e. The van der Waals surface area contributed by atoms with Crippen LogP contribution in [0.5, 0.6) is 0 Å². The number of allylic oxidation sites excluding steroid dienone is 1. The largest absolute Gasteiger partial charge is 0.264 e. The zero-order valence-corrected chi connectivity index (χ0v) is 7.09. The first-order chi connectivity index (χ1) is 5.16. The summed E-state index contributed by atoms with van der Waals surface area (Å²) in [5, 5.41) is 0. The first-order valence-corrected chi connectivity index (χ1v) is 3.51. The molecule has 0 aromatic heterocycles. The molecule has 0 N–H and O–H groups in total. The molecule has 0 aliphatic heterocycles. The monoisotopic (exact) mass is 147 g/mol. The molecule has 0 aromatic carbocycles. The van der Waals surface area contributed by atoms with Crippen molar-refractivity contribution >= 4 is 6.21 Å². The molecule has 0 unspecified atom stereocenters. The SMILES string of the molecule is C=CN=CC(=C)C#CC(C)C. The van der Waals surface area contributed by atoms with Crippen LogP contribution in [-0.2, 0) is 0 Å². The van der Waals surface area contributed by atoms with E-state index in [1.807, 2.05) is 13.8 Å². The van der Waals surface area contributed by atoms with Gasteiger partial charge in [0.1, 0.15) is 0 Å². The normalized spacial score (nSPS) is 9.36. The fraction of sp³-hybridized carbons (Fsp3) is 0.300. The second-order valence-electron chi connectivity index (χ2n) is 2.41. The lowest BCUT2D eigenvalue weighted by Crippen LogP contribution is -1.80. The van der Waals surface area contributed by atoms with E-state index in [4.69, 9.17) is 0 Å². The average molecular weight is 147 g/mol. The summed E-state index contributed by atoms with van der Waals surface area (Å²) in [5.74, 6) is 6.23. The van der Waals surface area contributed by atoms with Gasteiger partial charge in [0.2, 0.25) is 0 Å². The van der Waals surface area contributed by atoms with Gasteiger partial charge >= 0.3 is 0 Å². The minimum absolute atomic E-state index is 0.379. The third kappa shape index (κ3) is 6.60. The van der Waals surface area contributed by atoms with Crippen molar-refractivity contribution < 1.29 is 0 Å². The van der Waals surface area contributed by atoms with Crippen molar-refractivity contribution in [3.8, 4) is 11.8 Å². The highest BCUT2D eigenvalue weighted by Crippen LogP contribution is 1.88. The maximum Gasteiger partial charge on any atom is 0.0418 e. The summed E-state index contributed by atoms with van der Waals surface area (Å²) < 4.78 is 0. The van der Waals surface area contributed by atoms with Crippen LogP contribution in [0, 0.1) is 17.8 Å². The smallest absolute Gasteiger partial charge is 0.0418 e. The first kappa shape index (κ1) is 9.71. The van der Waals surface area contributed by atoms with Gasteiger partial charge in [-0.1, -0.05) is 38.8 Å². The Morgan fingerprint density at radius 3 is 2.64 bits per heavy atom. The van der Waals surface area contributed by atoms with E-state index in [2.05, 4.69) is 30.0 Å². The van der Waals surface area contributed by atoms with E-state index in [0.717, 1.165) is 5.57 Å². The van der Waals surface area contributed by atoms with Crippen molar-refractivity contribution in [2.45, 2.75) is 13.8 Å². The second-order valence-corrected chi connectivity index (χ2v) is 2.41. The topological polar surface area (TPSA) is 12.4 Å². The van der Waals surface area contributed by atoms with Gasteiger partial charge in [-0.3, -0.25) is 4.99 Å². The maximum atomic E-state index is 3.79. The van der Waals surface area contributed by atoms with Crippen molar-refractivity contribution in [1.29, 1.82) is 0 Å². The van der Waals surface area contributed by atoms with Crippen molar-refractivity contribution in [3.05, 3.63) is 24.9 Å². The van der Waals surface area contributed by atoms with Crippen LogP contribution in [-0.4, -0.2) is 6.21 Å². The van der Waals surface area contributed by atoms with Gasteiger partial charge in [0.05, 0.1) is 0 Å². The number of hydrogen-bond acceptors (Lipinski definition) is 1. The minimum atomic E-state index is 0.379. The third-order valence-electron chi connectivity index (χ3n) is 0.857. The Morgan fingerprint density at radius 1 is 1.55 bits per heavy atom. The molecule has 0 atom stereocenters. The van der Waals surface area contributed by atoms with Crippen LogP contribution in [0.4, 0.5) is 0 Å². The Balaban J connectivity index is 4.00. The van der Waals surface area contributed by atoms with Crippen LogP contribution in [0.25, 0.3) is 0 Å². The van der Waals surface area contributed by atoms with E-state index in [1.165, 1.54) is 6.20 Å². The van der Waals surface area contributed by atoms with Gasteiger partial charge in [-0.05, 0) is 0 Å².